The molecule has 0 bridgehead atoms. The average molecular weight is 385 g/mol. The van der Waals surface area contributed by atoms with Gasteiger partial charge < -0.3 is 5.11 Å². The summed E-state index contributed by atoms with van der Waals surface area (Å²) >= 11 is 0. The van der Waals surface area contributed by atoms with Gasteiger partial charge in [-0.15, -0.1) is 0 Å². The number of sulfonamides is 1. The second-order valence-corrected chi connectivity index (χ2v) is 7.90. The average Bonchev–Trinajstić information content (AvgIpc) is 3.05. The van der Waals surface area contributed by atoms with Gasteiger partial charge in [-0.05, 0) is 18.1 Å². The summed E-state index contributed by atoms with van der Waals surface area (Å²) in [5.74, 6) is -1.36. The quantitative estimate of drug-likeness (QED) is 0.678. The summed E-state index contributed by atoms with van der Waals surface area (Å²) in [6.45, 7) is 1.74. The van der Waals surface area contributed by atoms with E-state index in [1.54, 1.807) is 6.92 Å². The highest BCUT2D eigenvalue weighted by Gasteiger charge is 2.37. The zero-order chi connectivity index (χ0) is 19.7. The van der Waals surface area contributed by atoms with Gasteiger partial charge in [0.15, 0.2) is 5.69 Å². The Hall–Kier alpha value is -2.97. The van der Waals surface area contributed by atoms with Crippen molar-refractivity contribution in [3.05, 3.63) is 83.7 Å². The van der Waals surface area contributed by atoms with Crippen LogP contribution >= 0.6 is 0 Å². The van der Waals surface area contributed by atoms with Crippen molar-refractivity contribution in [2.45, 2.75) is 17.4 Å². The fourth-order valence-corrected chi connectivity index (χ4v) is 4.55. The lowest BCUT2D eigenvalue weighted by molar-refractivity contribution is 0.0680. The minimum Gasteiger partial charge on any atom is -0.476 e. The van der Waals surface area contributed by atoms with Crippen molar-refractivity contribution < 1.29 is 18.3 Å². The highest BCUT2D eigenvalue weighted by Crippen LogP contribution is 2.31. The van der Waals surface area contributed by atoms with Gasteiger partial charge in [-0.25, -0.2) is 13.2 Å². The summed E-state index contributed by atoms with van der Waals surface area (Å²) in [4.78, 5) is 11.1. The SMILES string of the molecule is Cn1ncc(S(=O)(=O)NC(C)(c2ccccc2)c2ccccc2)c1C(=O)O. The fourth-order valence-electron chi connectivity index (χ4n) is 3.01. The van der Waals surface area contributed by atoms with Crippen LogP contribution in [-0.2, 0) is 22.6 Å². The van der Waals surface area contributed by atoms with Crippen LogP contribution in [-0.4, -0.2) is 29.3 Å². The van der Waals surface area contributed by atoms with Gasteiger partial charge in [0.2, 0.25) is 10.0 Å². The molecule has 0 unspecified atom stereocenters. The molecule has 27 heavy (non-hydrogen) atoms. The maximum absolute atomic E-state index is 13.1. The summed E-state index contributed by atoms with van der Waals surface area (Å²) < 4.78 is 29.9. The molecule has 0 atom stereocenters. The van der Waals surface area contributed by atoms with E-state index in [4.69, 9.17) is 0 Å². The van der Waals surface area contributed by atoms with E-state index in [2.05, 4.69) is 9.82 Å². The van der Waals surface area contributed by atoms with Crippen molar-refractivity contribution in [1.82, 2.24) is 14.5 Å². The second-order valence-electron chi connectivity index (χ2n) is 6.25. The number of carbonyl (C=O) groups is 1. The summed E-state index contributed by atoms with van der Waals surface area (Å²) in [5, 5.41) is 13.2. The van der Waals surface area contributed by atoms with Gasteiger partial charge in [-0.1, -0.05) is 60.7 Å². The molecule has 0 aliphatic heterocycles. The van der Waals surface area contributed by atoms with E-state index in [1.807, 2.05) is 60.7 Å². The molecular weight excluding hydrogens is 366 g/mol. The number of aromatic carboxylic acids is 1. The minimum atomic E-state index is -4.18. The first kappa shape index (κ1) is 18.8. The normalized spacial score (nSPS) is 12.1. The van der Waals surface area contributed by atoms with E-state index in [1.165, 1.54) is 7.05 Å². The topological polar surface area (TPSA) is 101 Å². The third-order valence-corrected chi connectivity index (χ3v) is 5.99. The number of hydrogen-bond acceptors (Lipinski definition) is 4. The molecular formula is C19H19N3O4S. The van der Waals surface area contributed by atoms with Gasteiger partial charge in [-0.2, -0.15) is 9.82 Å². The van der Waals surface area contributed by atoms with E-state index in [0.29, 0.717) is 0 Å². The molecule has 140 valence electrons. The summed E-state index contributed by atoms with van der Waals surface area (Å²) in [7, 11) is -2.80. The van der Waals surface area contributed by atoms with Gasteiger partial charge in [0.05, 0.1) is 11.7 Å². The largest absolute Gasteiger partial charge is 0.476 e. The Morgan fingerprint density at radius 1 is 1.04 bits per heavy atom. The summed E-state index contributed by atoms with van der Waals surface area (Å²) in [5.41, 5.74) is -0.0560. The molecule has 0 amide bonds. The van der Waals surface area contributed by atoms with Crippen molar-refractivity contribution in [1.29, 1.82) is 0 Å². The first-order chi connectivity index (χ1) is 12.8. The van der Waals surface area contributed by atoms with Gasteiger partial charge in [0.25, 0.3) is 0 Å². The Bertz CT molecular complexity index is 1020. The molecule has 0 aliphatic rings. The predicted octanol–water partition coefficient (Wildman–Crippen LogP) is 2.36. The zero-order valence-electron chi connectivity index (χ0n) is 14.8. The molecule has 2 N–H and O–H groups in total. The molecule has 8 heteroatoms. The Balaban J connectivity index is 2.15. The molecule has 3 rings (SSSR count). The van der Waals surface area contributed by atoms with Crippen molar-refractivity contribution >= 4 is 16.0 Å². The number of nitrogens with zero attached hydrogens (tertiary/aromatic N) is 2. The van der Waals surface area contributed by atoms with Crippen LogP contribution in [0.5, 0.6) is 0 Å². The Morgan fingerprint density at radius 2 is 1.52 bits per heavy atom. The van der Waals surface area contributed by atoms with Crippen molar-refractivity contribution in [2.24, 2.45) is 7.05 Å². The Kier molecular flexibility index (Phi) is 4.86. The lowest BCUT2D eigenvalue weighted by Gasteiger charge is -2.31. The van der Waals surface area contributed by atoms with Crippen LogP contribution in [0, 0.1) is 0 Å². The smallest absolute Gasteiger partial charge is 0.355 e. The van der Waals surface area contributed by atoms with E-state index < -0.39 is 27.2 Å². The standard InChI is InChI=1S/C19H19N3O4S/c1-19(14-9-5-3-6-10-14,15-11-7-4-8-12-15)21-27(25,26)16-13-20-22(2)17(16)18(23)24/h3-13,21H,1-2H3,(H,23,24). The number of aryl methyl sites for hydroxylation is 1. The molecule has 0 radical (unpaired) electrons. The number of rotatable bonds is 6. The number of benzene rings is 2. The van der Waals surface area contributed by atoms with Crippen LogP contribution in [0.15, 0.2) is 71.8 Å². The lowest BCUT2D eigenvalue weighted by Crippen LogP contribution is -2.44. The van der Waals surface area contributed by atoms with E-state index in [-0.39, 0.29) is 4.90 Å². The van der Waals surface area contributed by atoms with Gasteiger partial charge in [-0.3, -0.25) is 4.68 Å². The highest BCUT2D eigenvalue weighted by atomic mass is 32.2. The molecule has 2 aromatic carbocycles. The maximum Gasteiger partial charge on any atom is 0.355 e. The Morgan fingerprint density at radius 3 is 1.96 bits per heavy atom. The third-order valence-electron chi connectivity index (χ3n) is 4.44. The molecule has 0 spiro atoms. The van der Waals surface area contributed by atoms with Gasteiger partial charge in [0, 0.05) is 7.05 Å². The van der Waals surface area contributed by atoms with E-state index in [0.717, 1.165) is 22.0 Å². The van der Waals surface area contributed by atoms with E-state index >= 15 is 0 Å². The Labute approximate surface area is 157 Å². The van der Waals surface area contributed by atoms with E-state index in [9.17, 15) is 18.3 Å². The number of aromatic nitrogens is 2. The van der Waals surface area contributed by atoms with Crippen LogP contribution < -0.4 is 4.72 Å². The molecule has 7 nitrogen and oxygen atoms in total. The zero-order valence-corrected chi connectivity index (χ0v) is 15.6. The molecule has 1 aromatic heterocycles. The maximum atomic E-state index is 13.1. The minimum absolute atomic E-state index is 0.379. The molecule has 0 aliphatic carbocycles. The fraction of sp³-hybridized carbons (Fsp3) is 0.158. The lowest BCUT2D eigenvalue weighted by atomic mass is 9.86. The van der Waals surface area contributed by atoms with Crippen LogP contribution in [0.25, 0.3) is 0 Å². The van der Waals surface area contributed by atoms with Gasteiger partial charge in [0.1, 0.15) is 4.90 Å². The molecule has 0 saturated heterocycles. The van der Waals surface area contributed by atoms with Crippen LogP contribution in [0.1, 0.15) is 28.5 Å². The number of carboxylic acid groups (broad SMARTS) is 1. The molecule has 1 heterocycles. The van der Waals surface area contributed by atoms with Crippen LogP contribution in [0.2, 0.25) is 0 Å². The number of carboxylic acids is 1. The third kappa shape index (κ3) is 3.49. The highest BCUT2D eigenvalue weighted by molar-refractivity contribution is 7.89. The second kappa shape index (κ2) is 6.98. The first-order valence-electron chi connectivity index (χ1n) is 8.16. The van der Waals surface area contributed by atoms with Crippen LogP contribution in [0.3, 0.4) is 0 Å². The molecule has 0 saturated carbocycles. The monoisotopic (exact) mass is 385 g/mol. The van der Waals surface area contributed by atoms with Crippen molar-refractivity contribution in [3.63, 3.8) is 0 Å². The van der Waals surface area contributed by atoms with Crippen molar-refractivity contribution in [2.75, 3.05) is 0 Å². The molecule has 0 fully saturated rings. The number of hydrogen-bond donors (Lipinski definition) is 2. The summed E-state index contributed by atoms with van der Waals surface area (Å²) in [6.07, 6.45) is 1.04. The predicted molar refractivity (Wildman–Crippen MR) is 99.8 cm³/mol. The van der Waals surface area contributed by atoms with Crippen LogP contribution in [0.4, 0.5) is 0 Å². The van der Waals surface area contributed by atoms with Gasteiger partial charge >= 0.3 is 5.97 Å². The molecule has 3 aromatic rings. The summed E-state index contributed by atoms with van der Waals surface area (Å²) in [6, 6.07) is 18.2. The number of nitrogens with one attached hydrogen (secondary N) is 1. The van der Waals surface area contributed by atoms with Crippen molar-refractivity contribution in [3.8, 4) is 0 Å². The first-order valence-corrected chi connectivity index (χ1v) is 9.64.